The molecule has 1 aromatic rings. The largest absolute Gasteiger partial charge is 0.493 e. The minimum Gasteiger partial charge on any atom is -0.493 e. The van der Waals surface area contributed by atoms with Gasteiger partial charge in [0.1, 0.15) is 6.10 Å². The lowest BCUT2D eigenvalue weighted by Crippen LogP contribution is -2.44. The van der Waals surface area contributed by atoms with Gasteiger partial charge in [0, 0.05) is 12.0 Å². The van der Waals surface area contributed by atoms with E-state index >= 15 is 0 Å². The van der Waals surface area contributed by atoms with Gasteiger partial charge < -0.3 is 19.9 Å². The van der Waals surface area contributed by atoms with Crippen molar-refractivity contribution in [2.45, 2.75) is 30.9 Å². The summed E-state index contributed by atoms with van der Waals surface area (Å²) in [6.45, 7) is 0.148. The summed E-state index contributed by atoms with van der Waals surface area (Å²) in [7, 11) is 3.53. The second-order valence-electron chi connectivity index (χ2n) is 4.82. The molecule has 2 unspecified atom stereocenters. The highest BCUT2D eigenvalue weighted by Crippen LogP contribution is 2.35. The summed E-state index contributed by atoms with van der Waals surface area (Å²) in [6.07, 6.45) is 2.82. The van der Waals surface area contributed by atoms with E-state index in [1.54, 1.807) is 7.11 Å². The van der Waals surface area contributed by atoms with Crippen LogP contribution in [0.25, 0.3) is 0 Å². The summed E-state index contributed by atoms with van der Waals surface area (Å²) < 4.78 is 11.3. The summed E-state index contributed by atoms with van der Waals surface area (Å²) >= 11 is 0. The van der Waals surface area contributed by atoms with E-state index < -0.39 is 0 Å². The van der Waals surface area contributed by atoms with Crippen LogP contribution in [-0.4, -0.2) is 37.5 Å². The number of likely N-dealkylation sites (N-methyl/N-ethyl adjacent to an activating group) is 1. The Morgan fingerprint density at radius 3 is 2.67 bits per heavy atom. The Morgan fingerprint density at radius 2 is 2.11 bits per heavy atom. The predicted octanol–water partition coefficient (Wildman–Crippen LogP) is 1.58. The summed E-state index contributed by atoms with van der Waals surface area (Å²) in [4.78, 5) is 0. The van der Waals surface area contributed by atoms with Crippen LogP contribution in [0.5, 0.6) is 11.5 Å². The molecule has 0 spiro atoms. The normalized spacial score (nSPS) is 27.2. The van der Waals surface area contributed by atoms with Gasteiger partial charge in [-0.25, -0.2) is 0 Å². The van der Waals surface area contributed by atoms with Crippen molar-refractivity contribution in [1.29, 1.82) is 0 Å². The maximum atomic E-state index is 9.46. The molecule has 0 aromatic heterocycles. The number of rotatable bonds is 5. The first kappa shape index (κ1) is 13.2. The van der Waals surface area contributed by atoms with Crippen molar-refractivity contribution in [1.82, 2.24) is 5.32 Å². The van der Waals surface area contributed by atoms with Gasteiger partial charge in [-0.05, 0) is 32.0 Å². The topological polar surface area (TPSA) is 50.7 Å². The van der Waals surface area contributed by atoms with Crippen molar-refractivity contribution in [3.8, 4) is 11.5 Å². The molecule has 0 aliphatic heterocycles. The number of nitrogens with one attached hydrogen (secondary N) is 1. The van der Waals surface area contributed by atoms with Gasteiger partial charge in [-0.1, -0.05) is 12.1 Å². The Labute approximate surface area is 108 Å². The van der Waals surface area contributed by atoms with Crippen LogP contribution in [-0.2, 0) is 0 Å². The van der Waals surface area contributed by atoms with Crippen molar-refractivity contribution in [3.63, 3.8) is 0 Å². The maximum absolute atomic E-state index is 9.46. The van der Waals surface area contributed by atoms with Gasteiger partial charge in [0.25, 0.3) is 0 Å². The zero-order valence-corrected chi connectivity index (χ0v) is 11.0. The number of hydrogen-bond acceptors (Lipinski definition) is 4. The lowest BCUT2D eigenvalue weighted by Gasteiger charge is -2.26. The molecule has 1 saturated carbocycles. The van der Waals surface area contributed by atoms with Gasteiger partial charge in [0.15, 0.2) is 11.5 Å². The van der Waals surface area contributed by atoms with Crippen molar-refractivity contribution in [3.05, 3.63) is 24.3 Å². The molecule has 100 valence electrons. The van der Waals surface area contributed by atoms with E-state index in [0.29, 0.717) is 0 Å². The number of hydrogen-bond donors (Lipinski definition) is 2. The van der Waals surface area contributed by atoms with Crippen LogP contribution in [0.1, 0.15) is 19.3 Å². The van der Waals surface area contributed by atoms with Gasteiger partial charge in [-0.2, -0.15) is 0 Å². The third-order valence-corrected chi connectivity index (χ3v) is 3.76. The minimum atomic E-state index is -0.188. The van der Waals surface area contributed by atoms with Crippen LogP contribution in [0.4, 0.5) is 0 Å². The molecule has 18 heavy (non-hydrogen) atoms. The molecular formula is C14H21NO3. The molecule has 1 fully saturated rings. The van der Waals surface area contributed by atoms with E-state index in [4.69, 9.17) is 9.47 Å². The number of aliphatic hydroxyl groups is 1. The Morgan fingerprint density at radius 1 is 1.39 bits per heavy atom. The molecule has 4 nitrogen and oxygen atoms in total. The minimum absolute atomic E-state index is 0.126. The maximum Gasteiger partial charge on any atom is 0.161 e. The average Bonchev–Trinajstić information content (AvgIpc) is 2.83. The fraction of sp³-hybridized carbons (Fsp3) is 0.571. The standard InChI is InChI=1S/C14H21NO3/c1-15-14(10-16)8-7-11(9-14)18-13-6-4-3-5-12(13)17-2/h3-6,11,15-16H,7-10H2,1-2H3. The molecule has 2 atom stereocenters. The van der Waals surface area contributed by atoms with E-state index in [9.17, 15) is 5.11 Å². The predicted molar refractivity (Wildman–Crippen MR) is 70.1 cm³/mol. The third kappa shape index (κ3) is 2.60. The lowest BCUT2D eigenvalue weighted by atomic mass is 9.99. The molecule has 1 aromatic carbocycles. The van der Waals surface area contributed by atoms with Gasteiger partial charge in [-0.15, -0.1) is 0 Å². The first-order chi connectivity index (χ1) is 8.73. The van der Waals surface area contributed by atoms with Crippen LogP contribution < -0.4 is 14.8 Å². The second-order valence-corrected chi connectivity index (χ2v) is 4.82. The van der Waals surface area contributed by atoms with Gasteiger partial charge >= 0.3 is 0 Å². The Kier molecular flexibility index (Phi) is 4.09. The van der Waals surface area contributed by atoms with Crippen LogP contribution in [0, 0.1) is 0 Å². The van der Waals surface area contributed by atoms with Crippen molar-refractivity contribution in [2.24, 2.45) is 0 Å². The van der Waals surface area contributed by atoms with Crippen LogP contribution in [0.2, 0.25) is 0 Å². The highest BCUT2D eigenvalue weighted by atomic mass is 16.5. The number of ether oxygens (including phenoxy) is 2. The quantitative estimate of drug-likeness (QED) is 0.834. The first-order valence-electron chi connectivity index (χ1n) is 6.32. The Balaban J connectivity index is 2.03. The zero-order valence-electron chi connectivity index (χ0n) is 11.0. The highest BCUT2D eigenvalue weighted by Gasteiger charge is 2.38. The molecule has 0 heterocycles. The second kappa shape index (κ2) is 5.59. The number of para-hydroxylation sites is 2. The third-order valence-electron chi connectivity index (χ3n) is 3.76. The van der Waals surface area contributed by atoms with E-state index in [-0.39, 0.29) is 18.2 Å². The van der Waals surface area contributed by atoms with Crippen LogP contribution in [0.15, 0.2) is 24.3 Å². The van der Waals surface area contributed by atoms with E-state index in [1.807, 2.05) is 31.3 Å². The van der Waals surface area contributed by atoms with Crippen molar-refractivity contribution in [2.75, 3.05) is 20.8 Å². The van der Waals surface area contributed by atoms with E-state index in [2.05, 4.69) is 5.32 Å². The molecule has 2 N–H and O–H groups in total. The SMILES string of the molecule is CNC1(CO)CCC(Oc2ccccc2OC)C1. The first-order valence-corrected chi connectivity index (χ1v) is 6.32. The van der Waals surface area contributed by atoms with Gasteiger partial charge in [-0.3, -0.25) is 0 Å². The van der Waals surface area contributed by atoms with Crippen LogP contribution >= 0.6 is 0 Å². The summed E-state index contributed by atoms with van der Waals surface area (Å²) in [5.41, 5.74) is -0.188. The van der Waals surface area contributed by atoms with Gasteiger partial charge in [0.05, 0.1) is 13.7 Å². The molecule has 1 aliphatic rings. The summed E-state index contributed by atoms with van der Waals surface area (Å²) in [6, 6.07) is 7.66. The summed E-state index contributed by atoms with van der Waals surface area (Å²) in [5.74, 6) is 1.53. The molecule has 1 aliphatic carbocycles. The van der Waals surface area contributed by atoms with E-state index in [1.165, 1.54) is 0 Å². The molecule has 0 amide bonds. The Bertz CT molecular complexity index is 390. The monoisotopic (exact) mass is 251 g/mol. The van der Waals surface area contributed by atoms with E-state index in [0.717, 1.165) is 30.8 Å². The van der Waals surface area contributed by atoms with Gasteiger partial charge in [0.2, 0.25) is 0 Å². The summed E-state index contributed by atoms with van der Waals surface area (Å²) in [5, 5.41) is 12.7. The molecule has 4 heteroatoms. The van der Waals surface area contributed by atoms with Crippen molar-refractivity contribution < 1.29 is 14.6 Å². The molecular weight excluding hydrogens is 230 g/mol. The number of benzene rings is 1. The van der Waals surface area contributed by atoms with Crippen LogP contribution in [0.3, 0.4) is 0 Å². The number of methoxy groups -OCH3 is 1. The fourth-order valence-corrected chi connectivity index (χ4v) is 2.52. The Hall–Kier alpha value is -1.26. The molecule has 0 saturated heterocycles. The molecule has 2 rings (SSSR count). The average molecular weight is 251 g/mol. The fourth-order valence-electron chi connectivity index (χ4n) is 2.52. The van der Waals surface area contributed by atoms with Crippen molar-refractivity contribution >= 4 is 0 Å². The molecule has 0 bridgehead atoms. The smallest absolute Gasteiger partial charge is 0.161 e. The lowest BCUT2D eigenvalue weighted by molar-refractivity contribution is 0.144. The molecule has 0 radical (unpaired) electrons. The zero-order chi connectivity index (χ0) is 13.0. The highest BCUT2D eigenvalue weighted by molar-refractivity contribution is 5.39. The number of aliphatic hydroxyl groups excluding tert-OH is 1.